The van der Waals surface area contributed by atoms with Crippen molar-refractivity contribution < 1.29 is 19.8 Å². The van der Waals surface area contributed by atoms with Crippen LogP contribution in [0.1, 0.15) is 127 Å². The molecule has 4 N–H and O–H groups in total. The highest BCUT2D eigenvalue weighted by molar-refractivity contribution is 5.97. The van der Waals surface area contributed by atoms with E-state index in [1.165, 1.54) is 0 Å². The highest BCUT2D eigenvalue weighted by Gasteiger charge is 2.45. The van der Waals surface area contributed by atoms with Crippen molar-refractivity contribution in [2.75, 3.05) is 0 Å². The Morgan fingerprint density at radius 1 is 0.606 bits per heavy atom. The van der Waals surface area contributed by atoms with Crippen LogP contribution in [0.4, 0.5) is 0 Å². The van der Waals surface area contributed by atoms with Gasteiger partial charge in [-0.15, -0.1) is 0 Å². The van der Waals surface area contributed by atoms with Crippen molar-refractivity contribution in [1.29, 1.82) is 0 Å². The van der Waals surface area contributed by atoms with Gasteiger partial charge < -0.3 is 20.8 Å². The van der Waals surface area contributed by atoms with Crippen LogP contribution in [0.2, 0.25) is 0 Å². The summed E-state index contributed by atoms with van der Waals surface area (Å²) < 4.78 is 0. The quantitative estimate of drug-likeness (QED) is 0.265. The van der Waals surface area contributed by atoms with Crippen LogP contribution in [0, 0.1) is 10.8 Å². The fraction of sp³-hybridized carbons (Fsp3) is 0.926. The van der Waals surface area contributed by atoms with Crippen molar-refractivity contribution in [3.63, 3.8) is 0 Å². The number of rotatable bonds is 14. The SMILES string of the molecule is CCCC(O)(CCC)[C@H](NC(=O)CC(=O)N[C@H](C(C)(C)C)C(O)(CCC)CCC)C(C)(C)C. The third kappa shape index (κ3) is 9.94. The summed E-state index contributed by atoms with van der Waals surface area (Å²) in [6.45, 7) is 20.1. The molecule has 0 saturated carbocycles. The van der Waals surface area contributed by atoms with Gasteiger partial charge >= 0.3 is 0 Å². The molecule has 6 nitrogen and oxygen atoms in total. The Kier molecular flexibility index (Phi) is 12.6. The first kappa shape index (κ1) is 31.9. The molecule has 6 heteroatoms. The zero-order valence-electron chi connectivity index (χ0n) is 23.2. The molecular weight excluding hydrogens is 416 g/mol. The lowest BCUT2D eigenvalue weighted by Gasteiger charge is -2.45. The second-order valence-corrected chi connectivity index (χ2v) is 12.1. The van der Waals surface area contributed by atoms with E-state index >= 15 is 0 Å². The molecule has 0 aliphatic rings. The molecule has 0 radical (unpaired) electrons. The van der Waals surface area contributed by atoms with Crippen molar-refractivity contribution in [2.45, 2.75) is 150 Å². The van der Waals surface area contributed by atoms with Gasteiger partial charge in [0.05, 0.1) is 23.3 Å². The lowest BCUT2D eigenvalue weighted by Crippen LogP contribution is -2.61. The van der Waals surface area contributed by atoms with Crippen molar-refractivity contribution >= 4 is 11.8 Å². The molecule has 33 heavy (non-hydrogen) atoms. The largest absolute Gasteiger partial charge is 0.388 e. The topological polar surface area (TPSA) is 98.7 Å². The minimum absolute atomic E-state index is 0.332. The Bertz CT molecular complexity index is 540. The fourth-order valence-electron chi connectivity index (χ4n) is 5.44. The smallest absolute Gasteiger partial charge is 0.229 e. The zero-order valence-corrected chi connectivity index (χ0v) is 23.2. The van der Waals surface area contributed by atoms with Crippen LogP contribution in [0.5, 0.6) is 0 Å². The van der Waals surface area contributed by atoms with Gasteiger partial charge in [-0.1, -0.05) is 94.9 Å². The van der Waals surface area contributed by atoms with Crippen molar-refractivity contribution in [1.82, 2.24) is 10.6 Å². The highest BCUT2D eigenvalue weighted by atomic mass is 16.3. The fourth-order valence-corrected chi connectivity index (χ4v) is 5.44. The predicted octanol–water partition coefficient (Wildman–Crippen LogP) is 5.10. The molecule has 0 aromatic carbocycles. The molecule has 0 unspecified atom stereocenters. The van der Waals surface area contributed by atoms with E-state index in [-0.39, 0.29) is 17.3 Å². The molecule has 0 aromatic heterocycles. The van der Waals surface area contributed by atoms with E-state index in [0.717, 1.165) is 25.7 Å². The molecule has 0 bridgehead atoms. The van der Waals surface area contributed by atoms with E-state index < -0.39 is 35.1 Å². The van der Waals surface area contributed by atoms with Crippen LogP contribution in [-0.2, 0) is 9.59 Å². The van der Waals surface area contributed by atoms with Crippen LogP contribution < -0.4 is 10.6 Å². The Morgan fingerprint density at radius 3 is 1.03 bits per heavy atom. The summed E-state index contributed by atoms with van der Waals surface area (Å²) in [5.41, 5.74) is -2.79. The van der Waals surface area contributed by atoms with Crippen LogP contribution in [0.3, 0.4) is 0 Å². The summed E-state index contributed by atoms with van der Waals surface area (Å²) in [5, 5.41) is 28.8. The van der Waals surface area contributed by atoms with E-state index in [0.29, 0.717) is 25.7 Å². The van der Waals surface area contributed by atoms with Gasteiger partial charge in [-0.3, -0.25) is 9.59 Å². The van der Waals surface area contributed by atoms with Crippen molar-refractivity contribution in [2.24, 2.45) is 10.8 Å². The average Bonchev–Trinajstić information content (AvgIpc) is 2.63. The Morgan fingerprint density at radius 2 is 0.848 bits per heavy atom. The van der Waals surface area contributed by atoms with Crippen LogP contribution in [0.15, 0.2) is 0 Å². The predicted molar refractivity (Wildman–Crippen MR) is 137 cm³/mol. The maximum Gasteiger partial charge on any atom is 0.229 e. The Hall–Kier alpha value is -1.14. The lowest BCUT2D eigenvalue weighted by molar-refractivity contribution is -0.136. The highest BCUT2D eigenvalue weighted by Crippen LogP contribution is 2.36. The summed E-state index contributed by atoms with van der Waals surface area (Å²) in [4.78, 5) is 25.9. The normalized spacial score (nSPS) is 15.2. The first-order chi connectivity index (χ1) is 15.0. The van der Waals surface area contributed by atoms with Gasteiger partial charge in [0.1, 0.15) is 6.42 Å². The Balaban J connectivity index is 5.63. The number of hydrogen-bond acceptors (Lipinski definition) is 4. The molecule has 2 amide bonds. The maximum absolute atomic E-state index is 13.0. The molecule has 0 saturated heterocycles. The summed E-state index contributed by atoms with van der Waals surface area (Å²) in [7, 11) is 0. The molecule has 0 aliphatic heterocycles. The molecule has 0 rings (SSSR count). The summed E-state index contributed by atoms with van der Waals surface area (Å²) in [6, 6.07) is -0.943. The van der Waals surface area contributed by atoms with E-state index in [2.05, 4.69) is 10.6 Å². The molecule has 0 aromatic rings. The lowest BCUT2D eigenvalue weighted by atomic mass is 9.72. The second-order valence-electron chi connectivity index (χ2n) is 12.1. The van der Waals surface area contributed by atoms with Gasteiger partial charge in [0.15, 0.2) is 0 Å². The van der Waals surface area contributed by atoms with Gasteiger partial charge in [0.25, 0.3) is 0 Å². The molecule has 0 aliphatic carbocycles. The minimum Gasteiger partial charge on any atom is -0.388 e. The number of amides is 2. The van der Waals surface area contributed by atoms with E-state index in [1.807, 2.05) is 69.2 Å². The van der Waals surface area contributed by atoms with Gasteiger partial charge in [-0.05, 0) is 36.5 Å². The third-order valence-electron chi connectivity index (χ3n) is 6.47. The van der Waals surface area contributed by atoms with Gasteiger partial charge in [0.2, 0.25) is 11.8 Å². The number of aliphatic hydroxyl groups is 2. The van der Waals surface area contributed by atoms with Gasteiger partial charge in [-0.25, -0.2) is 0 Å². The number of nitrogens with one attached hydrogen (secondary N) is 2. The first-order valence-electron chi connectivity index (χ1n) is 13.0. The molecule has 2 atom stereocenters. The van der Waals surface area contributed by atoms with E-state index in [4.69, 9.17) is 0 Å². The van der Waals surface area contributed by atoms with Gasteiger partial charge in [0, 0.05) is 0 Å². The van der Waals surface area contributed by atoms with Crippen molar-refractivity contribution in [3.8, 4) is 0 Å². The number of carbonyl (C=O) groups excluding carboxylic acids is 2. The third-order valence-corrected chi connectivity index (χ3v) is 6.47. The van der Waals surface area contributed by atoms with Crippen LogP contribution in [0.25, 0.3) is 0 Å². The minimum atomic E-state index is -1.02. The van der Waals surface area contributed by atoms with Crippen LogP contribution >= 0.6 is 0 Å². The molecule has 196 valence electrons. The maximum atomic E-state index is 13.0. The van der Waals surface area contributed by atoms with Crippen molar-refractivity contribution in [3.05, 3.63) is 0 Å². The van der Waals surface area contributed by atoms with Gasteiger partial charge in [-0.2, -0.15) is 0 Å². The van der Waals surface area contributed by atoms with Crippen LogP contribution in [-0.4, -0.2) is 45.3 Å². The van der Waals surface area contributed by atoms with E-state index in [1.54, 1.807) is 0 Å². The number of carbonyl (C=O) groups is 2. The number of hydrogen-bond donors (Lipinski definition) is 4. The van der Waals surface area contributed by atoms with E-state index in [9.17, 15) is 19.8 Å². The second kappa shape index (κ2) is 13.1. The zero-order chi connectivity index (χ0) is 26.1. The summed E-state index contributed by atoms with van der Waals surface area (Å²) >= 11 is 0. The Labute approximate surface area is 203 Å². The average molecular weight is 471 g/mol. The first-order valence-corrected chi connectivity index (χ1v) is 13.0. The molecule has 0 heterocycles. The molecule has 0 fully saturated rings. The summed E-state index contributed by atoms with van der Waals surface area (Å²) in [6.07, 6.45) is 5.23. The monoisotopic (exact) mass is 470 g/mol. The standard InChI is InChI=1S/C27H54N2O4/c1-11-15-26(32,16-12-2)22(24(5,6)7)28-20(30)19-21(31)29-23(25(8,9)10)27(33,17-13-3)18-14-4/h22-23,32-33H,11-19H2,1-10H3,(H,28,30)(H,29,31)/t22-,23-/m1/s1. The summed E-state index contributed by atoms with van der Waals surface area (Å²) in [5.74, 6) is -0.805. The molecule has 0 spiro atoms. The molecular formula is C27H54N2O4.